The Labute approximate surface area is 114 Å². The van der Waals surface area contributed by atoms with Crippen LogP contribution in [0, 0.1) is 0 Å². The van der Waals surface area contributed by atoms with Crippen molar-refractivity contribution in [3.8, 4) is 0 Å². The normalized spacial score (nSPS) is 11.4. The average Bonchev–Trinajstić information content (AvgIpc) is 3.05. The lowest BCUT2D eigenvalue weighted by Crippen LogP contribution is -1.75. The summed E-state index contributed by atoms with van der Waals surface area (Å²) in [5.41, 5.74) is 2.37. The third-order valence-electron chi connectivity index (χ3n) is 3.29. The summed E-state index contributed by atoms with van der Waals surface area (Å²) in [5, 5.41) is 2.51. The Balaban J connectivity index is 1.72. The van der Waals surface area contributed by atoms with E-state index in [4.69, 9.17) is 0 Å². The number of benzene rings is 2. The molecule has 0 aliphatic heterocycles. The van der Waals surface area contributed by atoms with Gasteiger partial charge in [-0.1, -0.05) is 11.8 Å². The number of aromatic nitrogens is 2. The van der Waals surface area contributed by atoms with Gasteiger partial charge in [0, 0.05) is 44.0 Å². The Bertz CT molecular complexity index is 785. The molecule has 2 N–H and O–H groups in total. The Morgan fingerprint density at radius 1 is 0.632 bits per heavy atom. The molecule has 0 unspecified atom stereocenters. The summed E-state index contributed by atoms with van der Waals surface area (Å²) in [4.78, 5) is 8.97. The van der Waals surface area contributed by atoms with Crippen LogP contribution >= 0.6 is 11.8 Å². The van der Waals surface area contributed by atoms with Crippen LogP contribution in [0.5, 0.6) is 0 Å². The first-order valence-corrected chi connectivity index (χ1v) is 7.02. The van der Waals surface area contributed by atoms with Crippen molar-refractivity contribution in [1.29, 1.82) is 0 Å². The zero-order chi connectivity index (χ0) is 12.7. The first-order chi connectivity index (χ1) is 9.38. The fourth-order valence-corrected chi connectivity index (χ4v) is 3.24. The molecule has 4 aromatic rings. The number of rotatable bonds is 2. The second kappa shape index (κ2) is 4.21. The number of hydrogen-bond acceptors (Lipinski definition) is 1. The summed E-state index contributed by atoms with van der Waals surface area (Å²) in [7, 11) is 0. The number of aromatic amines is 2. The molecule has 3 heteroatoms. The molecule has 0 bridgehead atoms. The van der Waals surface area contributed by atoms with E-state index in [9.17, 15) is 0 Å². The van der Waals surface area contributed by atoms with Crippen LogP contribution in [0.25, 0.3) is 21.8 Å². The number of fused-ring (bicyclic) bond motifs is 2. The lowest BCUT2D eigenvalue weighted by Gasteiger charge is -2.02. The van der Waals surface area contributed by atoms with Gasteiger partial charge in [-0.25, -0.2) is 0 Å². The minimum absolute atomic E-state index is 1.19. The van der Waals surface area contributed by atoms with E-state index in [0.29, 0.717) is 0 Å². The molecule has 2 aromatic carbocycles. The molecule has 19 heavy (non-hydrogen) atoms. The van der Waals surface area contributed by atoms with E-state index in [1.54, 1.807) is 11.8 Å². The molecule has 2 aromatic heterocycles. The molecule has 0 saturated heterocycles. The zero-order valence-corrected chi connectivity index (χ0v) is 11.0. The van der Waals surface area contributed by atoms with E-state index >= 15 is 0 Å². The largest absolute Gasteiger partial charge is 0.361 e. The summed E-state index contributed by atoms with van der Waals surface area (Å²) in [6.45, 7) is 0. The Morgan fingerprint density at radius 3 is 1.68 bits per heavy atom. The maximum atomic E-state index is 3.22. The highest BCUT2D eigenvalue weighted by Gasteiger charge is 2.02. The molecule has 0 atom stereocenters. The summed E-state index contributed by atoms with van der Waals surface area (Å²) >= 11 is 1.80. The third-order valence-corrected chi connectivity index (χ3v) is 4.26. The predicted molar refractivity (Wildman–Crippen MR) is 80.7 cm³/mol. The molecule has 0 fully saturated rings. The van der Waals surface area contributed by atoms with Gasteiger partial charge in [-0.2, -0.15) is 0 Å². The third kappa shape index (κ3) is 1.92. The van der Waals surface area contributed by atoms with Crippen LogP contribution in [-0.4, -0.2) is 9.97 Å². The van der Waals surface area contributed by atoms with Crippen molar-refractivity contribution < 1.29 is 0 Å². The van der Waals surface area contributed by atoms with Crippen molar-refractivity contribution in [1.82, 2.24) is 9.97 Å². The second-order valence-corrected chi connectivity index (χ2v) is 5.70. The minimum Gasteiger partial charge on any atom is -0.361 e. The van der Waals surface area contributed by atoms with Gasteiger partial charge in [0.2, 0.25) is 0 Å². The van der Waals surface area contributed by atoms with E-state index in [1.807, 2.05) is 12.4 Å². The molecule has 4 rings (SSSR count). The van der Waals surface area contributed by atoms with E-state index in [-0.39, 0.29) is 0 Å². The van der Waals surface area contributed by atoms with Gasteiger partial charge in [0.25, 0.3) is 0 Å². The fourth-order valence-electron chi connectivity index (χ4n) is 2.33. The van der Waals surface area contributed by atoms with Crippen LogP contribution in [0.4, 0.5) is 0 Å². The van der Waals surface area contributed by atoms with Crippen molar-refractivity contribution in [2.45, 2.75) is 9.79 Å². The number of hydrogen-bond donors (Lipinski definition) is 2. The second-order valence-electron chi connectivity index (χ2n) is 4.56. The molecule has 92 valence electrons. The summed E-state index contributed by atoms with van der Waals surface area (Å²) in [6, 6.07) is 17.2. The van der Waals surface area contributed by atoms with E-state index in [0.717, 1.165) is 0 Å². The molecule has 0 aliphatic carbocycles. The SMILES string of the molecule is c1cc2cc(Sc3ccc4[nH]ccc4c3)ccc2[nH]1. The highest BCUT2D eigenvalue weighted by atomic mass is 32.2. The van der Waals surface area contributed by atoms with Gasteiger partial charge >= 0.3 is 0 Å². The topological polar surface area (TPSA) is 31.6 Å². The summed E-state index contributed by atoms with van der Waals surface area (Å²) < 4.78 is 0. The van der Waals surface area contributed by atoms with E-state index < -0.39 is 0 Å². The van der Waals surface area contributed by atoms with Crippen molar-refractivity contribution in [2.75, 3.05) is 0 Å². The molecular weight excluding hydrogens is 252 g/mol. The molecule has 2 nitrogen and oxygen atoms in total. The first-order valence-electron chi connectivity index (χ1n) is 6.21. The Kier molecular flexibility index (Phi) is 2.38. The number of nitrogens with one attached hydrogen (secondary N) is 2. The Hall–Kier alpha value is -2.13. The quantitative estimate of drug-likeness (QED) is 0.535. The fraction of sp³-hybridized carbons (Fsp3) is 0. The minimum atomic E-state index is 1.19. The molecule has 0 spiro atoms. The molecule has 0 aliphatic rings. The van der Waals surface area contributed by atoms with Crippen molar-refractivity contribution in [3.63, 3.8) is 0 Å². The van der Waals surface area contributed by atoms with E-state index in [2.05, 4.69) is 58.5 Å². The van der Waals surface area contributed by atoms with Crippen molar-refractivity contribution in [3.05, 3.63) is 60.9 Å². The monoisotopic (exact) mass is 264 g/mol. The van der Waals surface area contributed by atoms with E-state index in [1.165, 1.54) is 31.6 Å². The molecule has 2 heterocycles. The molecule has 0 saturated carbocycles. The van der Waals surface area contributed by atoms with Gasteiger partial charge < -0.3 is 9.97 Å². The summed E-state index contributed by atoms with van der Waals surface area (Å²) in [5.74, 6) is 0. The zero-order valence-electron chi connectivity index (χ0n) is 10.2. The Morgan fingerprint density at radius 2 is 1.16 bits per heavy atom. The first kappa shape index (κ1) is 10.8. The van der Waals surface area contributed by atoms with Crippen LogP contribution in [-0.2, 0) is 0 Å². The van der Waals surface area contributed by atoms with Crippen LogP contribution in [0.15, 0.2) is 70.7 Å². The van der Waals surface area contributed by atoms with Gasteiger partial charge in [-0.05, 0) is 48.5 Å². The smallest absolute Gasteiger partial charge is 0.0454 e. The highest BCUT2D eigenvalue weighted by Crippen LogP contribution is 2.31. The van der Waals surface area contributed by atoms with Crippen molar-refractivity contribution >= 4 is 33.6 Å². The maximum absolute atomic E-state index is 3.22. The maximum Gasteiger partial charge on any atom is 0.0454 e. The lowest BCUT2D eigenvalue weighted by molar-refractivity contribution is 1.42. The highest BCUT2D eigenvalue weighted by molar-refractivity contribution is 7.99. The standard InChI is InChI=1S/C16H12N2S/c1-3-15-11(5-7-17-15)9-13(1)19-14-2-4-16-12(10-14)6-8-18-16/h1-10,17-18H. The van der Waals surface area contributed by atoms with Crippen LogP contribution in [0.1, 0.15) is 0 Å². The van der Waals surface area contributed by atoms with Crippen molar-refractivity contribution in [2.24, 2.45) is 0 Å². The summed E-state index contributed by atoms with van der Waals surface area (Å²) in [6.07, 6.45) is 3.95. The van der Waals surface area contributed by atoms with Gasteiger partial charge in [0.15, 0.2) is 0 Å². The van der Waals surface area contributed by atoms with Gasteiger partial charge in [0.1, 0.15) is 0 Å². The van der Waals surface area contributed by atoms with Crippen LogP contribution in [0.2, 0.25) is 0 Å². The number of H-pyrrole nitrogens is 2. The van der Waals surface area contributed by atoms with Crippen LogP contribution < -0.4 is 0 Å². The van der Waals surface area contributed by atoms with Crippen LogP contribution in [0.3, 0.4) is 0 Å². The van der Waals surface area contributed by atoms with Gasteiger partial charge in [-0.15, -0.1) is 0 Å². The molecule has 0 amide bonds. The predicted octanol–water partition coefficient (Wildman–Crippen LogP) is 4.80. The average molecular weight is 264 g/mol. The molecular formula is C16H12N2S. The lowest BCUT2D eigenvalue weighted by atomic mass is 10.2. The van der Waals surface area contributed by atoms with Gasteiger partial charge in [-0.3, -0.25) is 0 Å². The molecule has 0 radical (unpaired) electrons. The van der Waals surface area contributed by atoms with Gasteiger partial charge in [0.05, 0.1) is 0 Å².